The lowest BCUT2D eigenvalue weighted by Crippen LogP contribution is -2.38. The number of ether oxygens (including phenoxy) is 2. The smallest absolute Gasteiger partial charge is 0.333 e. The first-order chi connectivity index (χ1) is 14.7. The molecule has 0 aliphatic carbocycles. The number of amides is 4. The Morgan fingerprint density at radius 3 is 1.26 bits per heavy atom. The van der Waals surface area contributed by atoms with E-state index in [0.717, 1.165) is 32.1 Å². The zero-order valence-electron chi connectivity index (χ0n) is 18.6. The lowest BCUT2D eigenvalue weighted by molar-refractivity contribution is -0.139. The molecule has 4 amide bonds. The van der Waals surface area contributed by atoms with Crippen LogP contribution in [0.1, 0.15) is 46.0 Å². The summed E-state index contributed by atoms with van der Waals surface area (Å²) in [6.07, 6.45) is 4.65. The van der Waals surface area contributed by atoms with Crippen molar-refractivity contribution in [3.05, 3.63) is 24.3 Å². The minimum atomic E-state index is -0.473. The van der Waals surface area contributed by atoms with Gasteiger partial charge in [-0.25, -0.2) is 19.2 Å². The van der Waals surface area contributed by atoms with Crippen LogP contribution in [0.3, 0.4) is 0 Å². The van der Waals surface area contributed by atoms with Crippen LogP contribution in [0.25, 0.3) is 0 Å². The Morgan fingerprint density at radius 1 is 0.581 bits per heavy atom. The summed E-state index contributed by atoms with van der Waals surface area (Å²) in [7, 11) is 0. The van der Waals surface area contributed by atoms with Crippen LogP contribution in [-0.4, -0.2) is 63.4 Å². The summed E-state index contributed by atoms with van der Waals surface area (Å²) in [6, 6.07) is -0.591. The van der Waals surface area contributed by atoms with E-state index in [-0.39, 0.29) is 38.4 Å². The van der Waals surface area contributed by atoms with Gasteiger partial charge in [0.1, 0.15) is 13.2 Å². The van der Waals surface area contributed by atoms with Crippen LogP contribution >= 0.6 is 0 Å². The van der Waals surface area contributed by atoms with Gasteiger partial charge in [0.15, 0.2) is 0 Å². The predicted octanol–water partition coefficient (Wildman–Crippen LogP) is 1.77. The van der Waals surface area contributed by atoms with Gasteiger partial charge >= 0.3 is 24.0 Å². The van der Waals surface area contributed by atoms with Crippen LogP contribution in [0.15, 0.2) is 24.3 Å². The molecule has 0 saturated carbocycles. The number of nitrogens with one attached hydrogen (secondary N) is 4. The summed E-state index contributed by atoms with van der Waals surface area (Å²) in [6.45, 7) is 11.9. The molecule has 0 aromatic rings. The Morgan fingerprint density at radius 2 is 0.903 bits per heavy atom. The second-order valence-corrected chi connectivity index (χ2v) is 6.97. The Balaban J connectivity index is 3.42. The number of unbranched alkanes of at least 4 members (excludes halogenated alkanes) is 4. The van der Waals surface area contributed by atoms with Crippen LogP contribution < -0.4 is 21.3 Å². The molecule has 0 atom stereocenters. The third-order valence-corrected chi connectivity index (χ3v) is 3.86. The van der Waals surface area contributed by atoms with Gasteiger partial charge < -0.3 is 30.7 Å². The van der Waals surface area contributed by atoms with E-state index < -0.39 is 11.9 Å². The van der Waals surface area contributed by atoms with Gasteiger partial charge in [-0.1, -0.05) is 32.4 Å². The molecule has 0 aromatic carbocycles. The molecule has 0 fully saturated rings. The maximum Gasteiger partial charge on any atom is 0.333 e. The third kappa shape index (κ3) is 17.5. The van der Waals surface area contributed by atoms with Gasteiger partial charge in [-0.05, 0) is 26.7 Å². The molecule has 31 heavy (non-hydrogen) atoms. The summed E-state index contributed by atoms with van der Waals surface area (Å²) >= 11 is 0. The van der Waals surface area contributed by atoms with Crippen molar-refractivity contribution in [2.75, 3.05) is 39.4 Å². The van der Waals surface area contributed by atoms with Crippen molar-refractivity contribution in [2.45, 2.75) is 46.0 Å². The van der Waals surface area contributed by atoms with Crippen LogP contribution in [0, 0.1) is 0 Å². The largest absolute Gasteiger partial charge is 0.460 e. The molecule has 0 spiro atoms. The van der Waals surface area contributed by atoms with E-state index in [1.54, 1.807) is 13.8 Å². The van der Waals surface area contributed by atoms with E-state index in [0.29, 0.717) is 24.2 Å². The third-order valence-electron chi connectivity index (χ3n) is 3.86. The van der Waals surface area contributed by atoms with Crippen LogP contribution in [0.4, 0.5) is 9.59 Å². The van der Waals surface area contributed by atoms with E-state index in [2.05, 4.69) is 34.4 Å². The highest BCUT2D eigenvalue weighted by Gasteiger charge is 2.05. The van der Waals surface area contributed by atoms with Crippen LogP contribution in [-0.2, 0) is 19.1 Å². The van der Waals surface area contributed by atoms with Crippen LogP contribution in [0.2, 0.25) is 0 Å². The molecule has 4 N–H and O–H groups in total. The first kappa shape index (κ1) is 28.0. The molecular weight excluding hydrogens is 404 g/mol. The highest BCUT2D eigenvalue weighted by molar-refractivity contribution is 5.87. The Kier molecular flexibility index (Phi) is 16.0. The van der Waals surface area contributed by atoms with Crippen molar-refractivity contribution in [1.82, 2.24) is 21.3 Å². The number of esters is 2. The van der Waals surface area contributed by atoms with Crippen molar-refractivity contribution in [1.29, 1.82) is 0 Å². The van der Waals surface area contributed by atoms with E-state index in [1.807, 2.05) is 0 Å². The van der Waals surface area contributed by atoms with Gasteiger partial charge in [-0.15, -0.1) is 0 Å². The predicted molar refractivity (Wildman–Crippen MR) is 117 cm³/mol. The number of carbonyl (C=O) groups is 4. The number of urea groups is 2. The van der Waals surface area contributed by atoms with Gasteiger partial charge in [0, 0.05) is 24.2 Å². The highest BCUT2D eigenvalue weighted by atomic mass is 16.5. The second-order valence-electron chi connectivity index (χ2n) is 6.97. The lowest BCUT2D eigenvalue weighted by Gasteiger charge is -2.09. The molecule has 0 aliphatic heterocycles. The summed E-state index contributed by atoms with van der Waals surface area (Å²) < 4.78 is 9.73. The van der Waals surface area contributed by atoms with E-state index >= 15 is 0 Å². The standard InChI is InChI=1S/C21H36N4O6/c1-16(2)18(26)30-14-12-24-20(28)22-10-8-6-5-7-9-11-23-21(29)25-13-15-31-19(27)17(3)4/h1,3,5-15H2,2,4H3,(H2,22,24,28)(H2,23,25,29). The molecule has 0 heterocycles. The van der Waals surface area contributed by atoms with E-state index in [1.165, 1.54) is 0 Å². The Bertz CT molecular complexity index is 569. The number of carbonyl (C=O) groups excluding carboxylic acids is 4. The summed E-state index contributed by atoms with van der Waals surface area (Å²) in [5.74, 6) is -0.945. The summed E-state index contributed by atoms with van der Waals surface area (Å²) in [4.78, 5) is 45.4. The zero-order valence-corrected chi connectivity index (χ0v) is 18.6. The number of rotatable bonds is 16. The quantitative estimate of drug-likeness (QED) is 0.164. The highest BCUT2D eigenvalue weighted by Crippen LogP contribution is 2.01. The maximum absolute atomic E-state index is 11.6. The topological polar surface area (TPSA) is 135 Å². The molecule has 10 nitrogen and oxygen atoms in total. The fourth-order valence-corrected chi connectivity index (χ4v) is 2.17. The molecule has 0 radical (unpaired) electrons. The van der Waals surface area contributed by atoms with Crippen LogP contribution in [0.5, 0.6) is 0 Å². The molecule has 0 rings (SSSR count). The molecule has 176 valence electrons. The second kappa shape index (κ2) is 17.8. The normalized spacial score (nSPS) is 9.87. The molecule has 0 bridgehead atoms. The van der Waals surface area contributed by atoms with Crippen molar-refractivity contribution >= 4 is 24.0 Å². The molecule has 10 heteroatoms. The van der Waals surface area contributed by atoms with Crippen molar-refractivity contribution in [2.24, 2.45) is 0 Å². The van der Waals surface area contributed by atoms with E-state index in [9.17, 15) is 19.2 Å². The SMILES string of the molecule is C=C(C)C(=O)OCCNC(=O)NCCCCCCCNC(=O)NCCOC(=O)C(=C)C. The Labute approximate surface area is 184 Å². The molecule has 0 unspecified atom stereocenters. The summed E-state index contributed by atoms with van der Waals surface area (Å²) in [5.41, 5.74) is 0.643. The van der Waals surface area contributed by atoms with Gasteiger partial charge in [0.05, 0.1) is 13.1 Å². The van der Waals surface area contributed by atoms with Gasteiger partial charge in [-0.2, -0.15) is 0 Å². The molecule has 0 aliphatic rings. The molecule has 0 aromatic heterocycles. The lowest BCUT2D eigenvalue weighted by atomic mass is 10.1. The average molecular weight is 441 g/mol. The molecular formula is C21H36N4O6. The minimum Gasteiger partial charge on any atom is -0.460 e. The fourth-order valence-electron chi connectivity index (χ4n) is 2.17. The molecule has 0 saturated heterocycles. The van der Waals surface area contributed by atoms with Crippen molar-refractivity contribution < 1.29 is 28.7 Å². The Hall–Kier alpha value is -3.04. The van der Waals surface area contributed by atoms with Crippen molar-refractivity contribution in [3.8, 4) is 0 Å². The zero-order chi connectivity index (χ0) is 23.5. The van der Waals surface area contributed by atoms with Gasteiger partial charge in [0.2, 0.25) is 0 Å². The minimum absolute atomic E-state index is 0.105. The number of hydrogen-bond acceptors (Lipinski definition) is 6. The number of hydrogen-bond donors (Lipinski definition) is 4. The first-order valence-corrected chi connectivity index (χ1v) is 10.4. The average Bonchev–Trinajstić information content (AvgIpc) is 2.72. The van der Waals surface area contributed by atoms with Gasteiger partial charge in [-0.3, -0.25) is 0 Å². The summed E-state index contributed by atoms with van der Waals surface area (Å²) in [5, 5.41) is 10.7. The fraction of sp³-hybridized carbons (Fsp3) is 0.619. The monoisotopic (exact) mass is 440 g/mol. The maximum atomic E-state index is 11.6. The van der Waals surface area contributed by atoms with Crippen molar-refractivity contribution in [3.63, 3.8) is 0 Å². The van der Waals surface area contributed by atoms with E-state index in [4.69, 9.17) is 9.47 Å². The first-order valence-electron chi connectivity index (χ1n) is 10.4. The van der Waals surface area contributed by atoms with Gasteiger partial charge in [0.25, 0.3) is 0 Å².